The van der Waals surface area contributed by atoms with Crippen molar-refractivity contribution >= 4 is 43.5 Å². The van der Waals surface area contributed by atoms with Crippen LogP contribution in [-0.4, -0.2) is 11.9 Å². The van der Waals surface area contributed by atoms with Crippen molar-refractivity contribution in [1.29, 1.82) is 0 Å². The van der Waals surface area contributed by atoms with Gasteiger partial charge in [0.05, 0.1) is 6.61 Å². The van der Waals surface area contributed by atoms with E-state index in [1.165, 1.54) is 5.56 Å². The highest BCUT2D eigenvalue weighted by molar-refractivity contribution is 9.10. The van der Waals surface area contributed by atoms with E-state index in [2.05, 4.69) is 37.9 Å². The first-order valence-electron chi connectivity index (χ1n) is 6.39. The van der Waals surface area contributed by atoms with Crippen LogP contribution in [-0.2, 0) is 0 Å². The molecule has 0 aliphatic carbocycles. The summed E-state index contributed by atoms with van der Waals surface area (Å²) in [5, 5.41) is 1.68. The molecule has 0 aromatic heterocycles. The maximum absolute atomic E-state index is 6.04. The summed E-state index contributed by atoms with van der Waals surface area (Å²) in [4.78, 5) is 0. The maximum Gasteiger partial charge on any atom is 0.120 e. The molecule has 0 N–H and O–H groups in total. The molecule has 1 nitrogen and oxygen atoms in total. The summed E-state index contributed by atoms with van der Waals surface area (Å²) in [7, 11) is 0. The second-order valence-electron chi connectivity index (χ2n) is 4.50. The van der Waals surface area contributed by atoms with Crippen molar-refractivity contribution in [3.8, 4) is 5.75 Å². The van der Waals surface area contributed by atoms with Crippen LogP contribution in [0.2, 0.25) is 5.02 Å². The molecule has 0 saturated carbocycles. The van der Waals surface area contributed by atoms with E-state index in [-0.39, 0.29) is 0 Å². The predicted molar refractivity (Wildman–Crippen MR) is 92.2 cm³/mol. The highest BCUT2D eigenvalue weighted by atomic mass is 79.9. The summed E-state index contributed by atoms with van der Waals surface area (Å²) in [6.45, 7) is 0.680. The SMILES string of the molecule is Clc1cccc(C(CBr)CCOc2cccc(Br)c2)c1. The largest absolute Gasteiger partial charge is 0.494 e. The molecule has 20 heavy (non-hydrogen) atoms. The summed E-state index contributed by atoms with van der Waals surface area (Å²) in [5.74, 6) is 1.29. The van der Waals surface area contributed by atoms with E-state index in [9.17, 15) is 0 Å². The molecule has 2 rings (SSSR count). The van der Waals surface area contributed by atoms with Gasteiger partial charge in [-0.3, -0.25) is 0 Å². The summed E-state index contributed by atoms with van der Waals surface area (Å²) >= 11 is 13.0. The molecule has 0 heterocycles. The Labute approximate surface area is 141 Å². The Morgan fingerprint density at radius 3 is 2.60 bits per heavy atom. The zero-order chi connectivity index (χ0) is 14.4. The van der Waals surface area contributed by atoms with Gasteiger partial charge in [0.1, 0.15) is 5.75 Å². The molecule has 2 aromatic carbocycles. The highest BCUT2D eigenvalue weighted by Crippen LogP contribution is 2.25. The lowest BCUT2D eigenvalue weighted by Crippen LogP contribution is -2.07. The molecule has 0 aliphatic heterocycles. The standard InChI is InChI=1S/C16H15Br2ClO/c17-11-13(12-3-1-5-15(19)9-12)7-8-20-16-6-2-4-14(18)10-16/h1-6,9-10,13H,7-8,11H2. The van der Waals surface area contributed by atoms with Crippen molar-refractivity contribution < 1.29 is 4.74 Å². The molecule has 0 fully saturated rings. The molecule has 0 spiro atoms. The monoisotopic (exact) mass is 416 g/mol. The van der Waals surface area contributed by atoms with Gasteiger partial charge in [0.2, 0.25) is 0 Å². The third kappa shape index (κ3) is 4.80. The van der Waals surface area contributed by atoms with Crippen LogP contribution in [0.3, 0.4) is 0 Å². The van der Waals surface area contributed by atoms with Gasteiger partial charge in [0, 0.05) is 14.8 Å². The van der Waals surface area contributed by atoms with Gasteiger partial charge in [-0.15, -0.1) is 0 Å². The van der Waals surface area contributed by atoms with Gasteiger partial charge in [0.15, 0.2) is 0 Å². The van der Waals surface area contributed by atoms with Crippen molar-refractivity contribution in [2.75, 3.05) is 11.9 Å². The van der Waals surface area contributed by atoms with Crippen LogP contribution in [0.4, 0.5) is 0 Å². The number of hydrogen-bond acceptors (Lipinski definition) is 1. The number of alkyl halides is 1. The van der Waals surface area contributed by atoms with Gasteiger partial charge in [-0.25, -0.2) is 0 Å². The van der Waals surface area contributed by atoms with E-state index < -0.39 is 0 Å². The van der Waals surface area contributed by atoms with Crippen LogP contribution >= 0.6 is 43.5 Å². The number of rotatable bonds is 6. The van der Waals surface area contributed by atoms with Crippen molar-refractivity contribution in [3.05, 3.63) is 63.6 Å². The van der Waals surface area contributed by atoms with E-state index in [1.54, 1.807) is 0 Å². The van der Waals surface area contributed by atoms with E-state index in [0.29, 0.717) is 12.5 Å². The Kier molecular flexibility index (Phi) is 6.40. The first kappa shape index (κ1) is 15.9. The van der Waals surface area contributed by atoms with Gasteiger partial charge < -0.3 is 4.74 Å². The highest BCUT2D eigenvalue weighted by Gasteiger charge is 2.10. The Morgan fingerprint density at radius 2 is 1.90 bits per heavy atom. The number of ether oxygens (including phenoxy) is 1. The smallest absolute Gasteiger partial charge is 0.120 e. The molecule has 0 bridgehead atoms. The number of halogens is 3. The van der Waals surface area contributed by atoms with Crippen molar-refractivity contribution in [1.82, 2.24) is 0 Å². The Bertz CT molecular complexity index is 560. The minimum atomic E-state index is 0.404. The molecule has 1 unspecified atom stereocenters. The average molecular weight is 419 g/mol. The normalized spacial score (nSPS) is 12.2. The maximum atomic E-state index is 6.04. The molecule has 106 valence electrons. The summed E-state index contributed by atoms with van der Waals surface area (Å²) in [6.07, 6.45) is 0.943. The lowest BCUT2D eigenvalue weighted by atomic mass is 9.98. The van der Waals surface area contributed by atoms with Crippen LogP contribution in [0.25, 0.3) is 0 Å². The Morgan fingerprint density at radius 1 is 1.10 bits per heavy atom. The van der Waals surface area contributed by atoms with Gasteiger partial charge >= 0.3 is 0 Å². The molecular formula is C16H15Br2ClO. The second-order valence-corrected chi connectivity index (χ2v) is 6.50. The fourth-order valence-corrected chi connectivity index (χ4v) is 3.24. The van der Waals surface area contributed by atoms with Crippen molar-refractivity contribution in [2.24, 2.45) is 0 Å². The minimum absolute atomic E-state index is 0.404. The Balaban J connectivity index is 1.91. The Hall–Kier alpha value is -0.510. The number of hydrogen-bond donors (Lipinski definition) is 0. The summed E-state index contributed by atoms with van der Waals surface area (Å²) < 4.78 is 6.82. The van der Waals surface area contributed by atoms with Gasteiger partial charge in [-0.2, -0.15) is 0 Å². The molecule has 0 aliphatic rings. The molecule has 4 heteroatoms. The van der Waals surface area contributed by atoms with Crippen molar-refractivity contribution in [2.45, 2.75) is 12.3 Å². The van der Waals surface area contributed by atoms with Crippen LogP contribution in [0.5, 0.6) is 5.75 Å². The zero-order valence-corrected chi connectivity index (χ0v) is 14.8. The third-order valence-corrected chi connectivity index (χ3v) is 4.55. The second kappa shape index (κ2) is 8.06. The first-order valence-corrected chi connectivity index (χ1v) is 8.68. The fourth-order valence-electron chi connectivity index (χ4n) is 1.97. The summed E-state index contributed by atoms with van der Waals surface area (Å²) in [6, 6.07) is 15.9. The van der Waals surface area contributed by atoms with Gasteiger partial charge in [-0.05, 0) is 48.2 Å². The van der Waals surface area contributed by atoms with E-state index in [4.69, 9.17) is 16.3 Å². The molecule has 0 amide bonds. The molecular weight excluding hydrogens is 403 g/mol. The summed E-state index contributed by atoms with van der Waals surface area (Å²) in [5.41, 5.74) is 1.24. The molecule has 1 atom stereocenters. The average Bonchev–Trinajstić information content (AvgIpc) is 2.44. The molecule has 0 saturated heterocycles. The first-order chi connectivity index (χ1) is 9.69. The van der Waals surface area contributed by atoms with Crippen LogP contribution in [0.15, 0.2) is 53.0 Å². The molecule has 0 radical (unpaired) electrons. The lowest BCUT2D eigenvalue weighted by molar-refractivity contribution is 0.301. The van der Waals surface area contributed by atoms with Crippen LogP contribution in [0.1, 0.15) is 17.9 Å². The fraction of sp³-hybridized carbons (Fsp3) is 0.250. The van der Waals surface area contributed by atoms with E-state index in [0.717, 1.165) is 27.0 Å². The topological polar surface area (TPSA) is 9.23 Å². The minimum Gasteiger partial charge on any atom is -0.494 e. The van der Waals surface area contributed by atoms with Gasteiger partial charge in [-0.1, -0.05) is 61.7 Å². The quantitative estimate of drug-likeness (QED) is 0.519. The van der Waals surface area contributed by atoms with E-state index in [1.807, 2.05) is 42.5 Å². The lowest BCUT2D eigenvalue weighted by Gasteiger charge is -2.15. The molecule has 2 aromatic rings. The third-order valence-electron chi connectivity index (χ3n) is 3.04. The van der Waals surface area contributed by atoms with Gasteiger partial charge in [0.25, 0.3) is 0 Å². The number of benzene rings is 2. The van der Waals surface area contributed by atoms with Crippen LogP contribution < -0.4 is 4.74 Å². The van der Waals surface area contributed by atoms with E-state index >= 15 is 0 Å². The van der Waals surface area contributed by atoms with Crippen molar-refractivity contribution in [3.63, 3.8) is 0 Å². The van der Waals surface area contributed by atoms with Crippen LogP contribution in [0, 0.1) is 0 Å². The zero-order valence-electron chi connectivity index (χ0n) is 10.9. The predicted octanol–water partition coefficient (Wildman–Crippen LogP) is 6.05.